The Balaban J connectivity index is 1.50. The van der Waals surface area contributed by atoms with Gasteiger partial charge in [0.05, 0.1) is 28.2 Å². The molecule has 0 atom stereocenters. The third-order valence-electron chi connectivity index (χ3n) is 4.68. The van der Waals surface area contributed by atoms with E-state index in [0.29, 0.717) is 48.6 Å². The van der Waals surface area contributed by atoms with Gasteiger partial charge in [0, 0.05) is 18.4 Å². The molecule has 0 bridgehead atoms. The predicted octanol–water partition coefficient (Wildman–Crippen LogP) is 4.60. The average molecular weight is 460 g/mol. The third kappa shape index (κ3) is 5.89. The number of halogens is 1. The number of pyridine rings is 1. The van der Waals surface area contributed by atoms with E-state index < -0.39 is 0 Å². The Morgan fingerprint density at radius 3 is 2.73 bits per heavy atom. The van der Waals surface area contributed by atoms with E-state index >= 15 is 0 Å². The highest BCUT2D eigenvalue weighted by Crippen LogP contribution is 2.34. The van der Waals surface area contributed by atoms with Crippen LogP contribution in [0.5, 0.6) is 11.5 Å². The van der Waals surface area contributed by atoms with Crippen LogP contribution < -0.4 is 20.1 Å². The quantitative estimate of drug-likeness (QED) is 0.265. The third-order valence-corrected chi connectivity index (χ3v) is 4.98. The molecule has 2 N–H and O–H groups in total. The molecule has 0 amide bonds. The molecule has 0 spiro atoms. The summed E-state index contributed by atoms with van der Waals surface area (Å²) in [5.74, 6) is 4.41. The van der Waals surface area contributed by atoms with Gasteiger partial charge in [0.15, 0.2) is 0 Å². The van der Waals surface area contributed by atoms with E-state index in [-0.39, 0.29) is 0 Å². The summed E-state index contributed by atoms with van der Waals surface area (Å²) in [7, 11) is 0. The van der Waals surface area contributed by atoms with E-state index in [0.717, 1.165) is 22.3 Å². The van der Waals surface area contributed by atoms with Gasteiger partial charge in [-0.3, -0.25) is 4.98 Å². The lowest BCUT2D eigenvalue weighted by molar-refractivity contribution is 0.301. The molecule has 2 aromatic carbocycles. The molecule has 0 aliphatic rings. The standard InChI is InChI=1S/C25H22ClN5O2/c1-2-11-27-13-14-32-23-8-5-7-21-24(23)25(30-17-29-21)31-18-9-10-22(20(26)15-18)33-16-19-6-3-4-12-28-19/h1,3-10,12,15,17,27H,11,13-14,16H2,(H,29,30,31). The maximum absolute atomic E-state index is 6.46. The van der Waals surface area contributed by atoms with E-state index in [4.69, 9.17) is 27.5 Å². The first kappa shape index (κ1) is 22.3. The highest BCUT2D eigenvalue weighted by molar-refractivity contribution is 6.32. The number of hydrogen-bond donors (Lipinski definition) is 2. The van der Waals surface area contributed by atoms with Gasteiger partial charge in [0.25, 0.3) is 0 Å². The molecular weight excluding hydrogens is 438 g/mol. The number of terminal acetylenes is 1. The van der Waals surface area contributed by atoms with Crippen molar-refractivity contribution < 1.29 is 9.47 Å². The molecule has 2 heterocycles. The topological polar surface area (TPSA) is 81.2 Å². The number of nitrogens with one attached hydrogen (secondary N) is 2. The van der Waals surface area contributed by atoms with E-state index in [9.17, 15) is 0 Å². The van der Waals surface area contributed by atoms with Gasteiger partial charge in [0.2, 0.25) is 0 Å². The van der Waals surface area contributed by atoms with Crippen LogP contribution in [0.3, 0.4) is 0 Å². The van der Waals surface area contributed by atoms with Gasteiger partial charge in [-0.15, -0.1) is 6.42 Å². The fourth-order valence-electron chi connectivity index (χ4n) is 3.15. The molecule has 0 saturated carbocycles. The van der Waals surface area contributed by atoms with Gasteiger partial charge < -0.3 is 20.1 Å². The van der Waals surface area contributed by atoms with Crippen molar-refractivity contribution in [3.8, 4) is 23.8 Å². The van der Waals surface area contributed by atoms with Crippen molar-refractivity contribution >= 4 is 34.0 Å². The van der Waals surface area contributed by atoms with Gasteiger partial charge in [-0.05, 0) is 42.5 Å². The molecule has 0 radical (unpaired) electrons. The lowest BCUT2D eigenvalue weighted by Crippen LogP contribution is -2.21. The van der Waals surface area contributed by atoms with Crippen LogP contribution >= 0.6 is 11.6 Å². The number of anilines is 2. The summed E-state index contributed by atoms with van der Waals surface area (Å²) in [5.41, 5.74) is 2.35. The lowest BCUT2D eigenvalue weighted by Gasteiger charge is -2.14. The summed E-state index contributed by atoms with van der Waals surface area (Å²) in [6.07, 6.45) is 8.49. The Hall–Kier alpha value is -3.86. The van der Waals surface area contributed by atoms with Crippen molar-refractivity contribution in [2.24, 2.45) is 0 Å². The highest BCUT2D eigenvalue weighted by Gasteiger charge is 2.12. The Morgan fingerprint density at radius 2 is 1.91 bits per heavy atom. The van der Waals surface area contributed by atoms with Crippen LogP contribution in [-0.4, -0.2) is 34.6 Å². The van der Waals surface area contributed by atoms with Crippen LogP contribution in [0.15, 0.2) is 67.1 Å². The molecule has 7 nitrogen and oxygen atoms in total. The molecule has 0 saturated heterocycles. The second-order valence-corrected chi connectivity index (χ2v) is 7.39. The number of aromatic nitrogens is 3. The van der Waals surface area contributed by atoms with Gasteiger partial charge in [-0.25, -0.2) is 9.97 Å². The smallest absolute Gasteiger partial charge is 0.145 e. The van der Waals surface area contributed by atoms with E-state index in [1.54, 1.807) is 12.3 Å². The molecule has 8 heteroatoms. The molecule has 0 aliphatic carbocycles. The number of benzene rings is 2. The van der Waals surface area contributed by atoms with Crippen LogP contribution in [0.4, 0.5) is 11.5 Å². The van der Waals surface area contributed by atoms with Gasteiger partial charge >= 0.3 is 0 Å². The zero-order valence-electron chi connectivity index (χ0n) is 17.8. The number of fused-ring (bicyclic) bond motifs is 1. The molecule has 4 aromatic rings. The molecule has 0 aliphatic heterocycles. The highest BCUT2D eigenvalue weighted by atomic mass is 35.5. The van der Waals surface area contributed by atoms with Gasteiger partial charge in [-0.1, -0.05) is 29.7 Å². The fraction of sp³-hybridized carbons (Fsp3) is 0.160. The van der Waals surface area contributed by atoms with Crippen molar-refractivity contribution in [2.45, 2.75) is 6.61 Å². The monoisotopic (exact) mass is 459 g/mol. The molecule has 2 aromatic heterocycles. The zero-order chi connectivity index (χ0) is 22.9. The minimum Gasteiger partial charge on any atom is -0.491 e. The first-order valence-electron chi connectivity index (χ1n) is 10.3. The van der Waals surface area contributed by atoms with E-state index in [1.165, 1.54) is 6.33 Å². The molecule has 33 heavy (non-hydrogen) atoms. The first-order valence-corrected chi connectivity index (χ1v) is 10.7. The van der Waals surface area contributed by atoms with Gasteiger partial charge in [-0.2, -0.15) is 0 Å². The summed E-state index contributed by atoms with van der Waals surface area (Å²) in [4.78, 5) is 13.0. The number of nitrogens with zero attached hydrogens (tertiary/aromatic N) is 3. The Morgan fingerprint density at radius 1 is 0.970 bits per heavy atom. The van der Waals surface area contributed by atoms with Crippen molar-refractivity contribution in [1.82, 2.24) is 20.3 Å². The Bertz CT molecular complexity index is 1260. The minimum absolute atomic E-state index is 0.334. The summed E-state index contributed by atoms with van der Waals surface area (Å²) in [5, 5.41) is 7.67. The number of hydrogen-bond acceptors (Lipinski definition) is 7. The largest absolute Gasteiger partial charge is 0.491 e. The number of ether oxygens (including phenoxy) is 2. The van der Waals surface area contributed by atoms with Crippen molar-refractivity contribution in [3.05, 3.63) is 77.8 Å². The predicted molar refractivity (Wildman–Crippen MR) is 130 cm³/mol. The first-order chi connectivity index (χ1) is 16.2. The van der Waals surface area contributed by atoms with Gasteiger partial charge in [0.1, 0.15) is 36.9 Å². The second kappa shape index (κ2) is 11.1. The van der Waals surface area contributed by atoms with Crippen LogP contribution in [0, 0.1) is 12.3 Å². The second-order valence-electron chi connectivity index (χ2n) is 6.98. The summed E-state index contributed by atoms with van der Waals surface area (Å²) >= 11 is 6.46. The molecule has 0 fully saturated rings. The SMILES string of the molecule is C#CCNCCOc1cccc2ncnc(Nc3ccc(OCc4ccccn4)c(Cl)c3)c12. The average Bonchev–Trinajstić information content (AvgIpc) is 2.84. The summed E-state index contributed by atoms with van der Waals surface area (Å²) < 4.78 is 11.8. The van der Waals surface area contributed by atoms with Crippen molar-refractivity contribution in [3.63, 3.8) is 0 Å². The van der Waals surface area contributed by atoms with Crippen molar-refractivity contribution in [1.29, 1.82) is 0 Å². The van der Waals surface area contributed by atoms with Crippen LogP contribution in [0.1, 0.15) is 5.69 Å². The maximum Gasteiger partial charge on any atom is 0.145 e. The zero-order valence-corrected chi connectivity index (χ0v) is 18.5. The lowest BCUT2D eigenvalue weighted by atomic mass is 10.2. The molecular formula is C25H22ClN5O2. The molecule has 0 unspecified atom stereocenters. The minimum atomic E-state index is 0.334. The molecule has 166 valence electrons. The van der Waals surface area contributed by atoms with Crippen LogP contribution in [-0.2, 0) is 6.61 Å². The Labute approximate surface area is 197 Å². The Kier molecular flexibility index (Phi) is 7.54. The van der Waals surface area contributed by atoms with Crippen LogP contribution in [0.2, 0.25) is 5.02 Å². The maximum atomic E-state index is 6.46. The molecule has 4 rings (SSSR count). The summed E-state index contributed by atoms with van der Waals surface area (Å²) in [6, 6.07) is 16.8. The van der Waals surface area contributed by atoms with Crippen LogP contribution in [0.25, 0.3) is 10.9 Å². The fourth-order valence-corrected chi connectivity index (χ4v) is 3.39. The van der Waals surface area contributed by atoms with E-state index in [1.807, 2.05) is 48.5 Å². The van der Waals surface area contributed by atoms with E-state index in [2.05, 4.69) is 31.5 Å². The number of rotatable bonds is 10. The summed E-state index contributed by atoms with van der Waals surface area (Å²) in [6.45, 7) is 1.92. The van der Waals surface area contributed by atoms with Crippen molar-refractivity contribution in [2.75, 3.05) is 25.0 Å². The normalized spacial score (nSPS) is 10.5.